The number of unbranched alkanes of at least 4 members (excludes halogenated alkanes) is 19. The summed E-state index contributed by atoms with van der Waals surface area (Å²) in [7, 11) is -4.52. The Morgan fingerprint density at radius 1 is 0.593 bits per heavy atom. The van der Waals surface area contributed by atoms with E-state index in [-0.39, 0.29) is 19.6 Å². The van der Waals surface area contributed by atoms with Gasteiger partial charge in [0.2, 0.25) is 0 Å². The summed E-state index contributed by atoms with van der Waals surface area (Å²) in [5.41, 5.74) is 0. The Bertz CT molecular complexity index is 981. The van der Waals surface area contributed by atoms with Crippen LogP contribution >= 0.6 is 7.82 Å². The summed E-state index contributed by atoms with van der Waals surface area (Å²) in [6.45, 7) is 3.40. The number of aliphatic hydroxyl groups is 2. The molecule has 54 heavy (non-hydrogen) atoms. The molecule has 9 nitrogen and oxygen atoms in total. The molecule has 0 aromatic carbocycles. The maximum atomic E-state index is 12.6. The highest BCUT2D eigenvalue weighted by atomic mass is 31.2. The third-order valence-corrected chi connectivity index (χ3v) is 9.98. The second-order valence-electron chi connectivity index (χ2n) is 14.3. The number of rotatable bonds is 41. The molecular weight excluding hydrogens is 703 g/mol. The number of aliphatic hydroxyl groups excluding tert-OH is 2. The van der Waals surface area contributed by atoms with Crippen molar-refractivity contribution in [3.05, 3.63) is 48.6 Å². The molecule has 0 spiro atoms. The van der Waals surface area contributed by atoms with Crippen molar-refractivity contribution in [1.29, 1.82) is 0 Å². The predicted molar refractivity (Wildman–Crippen MR) is 223 cm³/mol. The zero-order chi connectivity index (χ0) is 39.6. The van der Waals surface area contributed by atoms with Crippen LogP contribution in [0.15, 0.2) is 48.6 Å². The molecule has 3 N–H and O–H groups in total. The van der Waals surface area contributed by atoms with Crippen LogP contribution in [-0.4, -0.2) is 66.3 Å². The maximum Gasteiger partial charge on any atom is 0.472 e. The highest BCUT2D eigenvalue weighted by Gasteiger charge is 2.26. The SMILES string of the molecule is CC/C=C\C/C=C\C/C=C\C/C=C\CCCCCCCCC(=O)OC(COCCCCCCCCCCCCCCCC)COP(=O)(O)OCC(O)CO. The van der Waals surface area contributed by atoms with Crippen molar-refractivity contribution < 1.29 is 43.0 Å². The molecular formula is C44H81O9P. The van der Waals surface area contributed by atoms with Crippen LogP contribution in [-0.2, 0) is 27.9 Å². The van der Waals surface area contributed by atoms with Gasteiger partial charge in [-0.3, -0.25) is 13.8 Å². The summed E-state index contributed by atoms with van der Waals surface area (Å²) in [6, 6.07) is 0. The summed E-state index contributed by atoms with van der Waals surface area (Å²) in [5, 5.41) is 18.3. The molecule has 0 aliphatic rings. The minimum atomic E-state index is -4.52. The van der Waals surface area contributed by atoms with Crippen molar-refractivity contribution >= 4 is 13.8 Å². The van der Waals surface area contributed by atoms with E-state index in [1.54, 1.807) is 0 Å². The van der Waals surface area contributed by atoms with Crippen molar-refractivity contribution in [3.63, 3.8) is 0 Å². The number of carbonyl (C=O) groups is 1. The van der Waals surface area contributed by atoms with Crippen molar-refractivity contribution in [2.75, 3.05) is 33.0 Å². The van der Waals surface area contributed by atoms with Gasteiger partial charge in [-0.2, -0.15) is 0 Å². The molecule has 316 valence electrons. The first-order chi connectivity index (χ1) is 26.3. The summed E-state index contributed by atoms with van der Waals surface area (Å²) in [4.78, 5) is 22.6. The van der Waals surface area contributed by atoms with E-state index in [0.29, 0.717) is 13.0 Å². The number of carbonyl (C=O) groups excluding carboxylic acids is 1. The quantitative estimate of drug-likeness (QED) is 0.0240. The molecule has 0 aliphatic carbocycles. The molecule has 0 heterocycles. The second-order valence-corrected chi connectivity index (χ2v) is 15.8. The largest absolute Gasteiger partial charge is 0.472 e. The molecule has 0 aliphatic heterocycles. The zero-order valence-corrected chi connectivity index (χ0v) is 35.3. The van der Waals surface area contributed by atoms with Gasteiger partial charge >= 0.3 is 13.8 Å². The lowest BCUT2D eigenvalue weighted by Gasteiger charge is -2.20. The lowest BCUT2D eigenvalue weighted by atomic mass is 10.0. The Morgan fingerprint density at radius 3 is 1.59 bits per heavy atom. The second kappa shape index (κ2) is 41.1. The van der Waals surface area contributed by atoms with Gasteiger partial charge in [0.15, 0.2) is 0 Å². The topological polar surface area (TPSA) is 132 Å². The average Bonchev–Trinajstić information content (AvgIpc) is 3.16. The molecule has 0 saturated carbocycles. The van der Waals surface area contributed by atoms with Crippen LogP contribution in [0.3, 0.4) is 0 Å². The van der Waals surface area contributed by atoms with E-state index in [2.05, 4.69) is 62.5 Å². The Hall–Kier alpha value is -1.58. The Kier molecular flexibility index (Phi) is 39.9. The van der Waals surface area contributed by atoms with E-state index in [1.165, 1.54) is 70.6 Å². The van der Waals surface area contributed by atoms with Gasteiger partial charge in [-0.05, 0) is 51.4 Å². The first-order valence-electron chi connectivity index (χ1n) is 21.6. The maximum absolute atomic E-state index is 12.6. The van der Waals surface area contributed by atoms with Gasteiger partial charge in [0.1, 0.15) is 12.2 Å². The van der Waals surface area contributed by atoms with E-state index >= 15 is 0 Å². The van der Waals surface area contributed by atoms with Gasteiger partial charge < -0.3 is 24.6 Å². The van der Waals surface area contributed by atoms with Gasteiger partial charge in [-0.15, -0.1) is 0 Å². The van der Waals surface area contributed by atoms with E-state index in [1.807, 2.05) is 0 Å². The molecule has 3 atom stereocenters. The number of ether oxygens (including phenoxy) is 2. The number of phosphoric acid groups is 1. The molecule has 0 rings (SSSR count). The Morgan fingerprint density at radius 2 is 1.06 bits per heavy atom. The van der Waals surface area contributed by atoms with Gasteiger partial charge in [-0.25, -0.2) is 4.57 Å². The minimum Gasteiger partial charge on any atom is -0.457 e. The number of esters is 1. The average molecular weight is 785 g/mol. The standard InChI is InChI=1S/C44H81O9P/c1-3-5-7-9-11-13-15-17-19-20-21-22-23-24-26-28-30-32-34-36-44(47)53-43(41-52-54(48,49)51-39-42(46)38-45)40-50-37-35-33-31-29-27-25-18-16-14-12-10-8-6-4-2/h5,7,11,13,17,19,21-22,42-43,45-46H,3-4,6,8-10,12,14-16,18,20,23-41H2,1-2H3,(H,48,49)/b7-5-,13-11-,19-17-,22-21-. The van der Waals surface area contributed by atoms with Gasteiger partial charge in [-0.1, -0.05) is 172 Å². The van der Waals surface area contributed by atoms with Crippen LogP contribution < -0.4 is 0 Å². The van der Waals surface area contributed by atoms with Crippen LogP contribution in [0.4, 0.5) is 0 Å². The first-order valence-corrected chi connectivity index (χ1v) is 23.1. The van der Waals surface area contributed by atoms with Crippen molar-refractivity contribution in [1.82, 2.24) is 0 Å². The van der Waals surface area contributed by atoms with Gasteiger partial charge in [0.05, 0.1) is 26.4 Å². The third-order valence-electron chi connectivity index (χ3n) is 9.03. The van der Waals surface area contributed by atoms with Crippen LogP contribution in [0.25, 0.3) is 0 Å². The molecule has 3 unspecified atom stereocenters. The fourth-order valence-electron chi connectivity index (χ4n) is 5.76. The normalized spacial score (nSPS) is 14.5. The van der Waals surface area contributed by atoms with Crippen molar-refractivity contribution in [3.8, 4) is 0 Å². The molecule has 0 aromatic rings. The molecule has 0 saturated heterocycles. The van der Waals surface area contributed by atoms with Gasteiger partial charge in [0.25, 0.3) is 0 Å². The number of phosphoric ester groups is 1. The third kappa shape index (κ3) is 40.1. The summed E-state index contributed by atoms with van der Waals surface area (Å²) in [5.74, 6) is -0.396. The molecule has 0 amide bonds. The molecule has 0 bridgehead atoms. The van der Waals surface area contributed by atoms with E-state index in [9.17, 15) is 19.4 Å². The highest BCUT2D eigenvalue weighted by molar-refractivity contribution is 7.47. The van der Waals surface area contributed by atoms with Crippen LogP contribution in [0.1, 0.15) is 181 Å². The first kappa shape index (κ1) is 52.4. The molecule has 0 fully saturated rings. The van der Waals surface area contributed by atoms with Crippen molar-refractivity contribution in [2.45, 2.75) is 193 Å². The number of hydrogen-bond donors (Lipinski definition) is 3. The van der Waals surface area contributed by atoms with E-state index < -0.39 is 39.2 Å². The highest BCUT2D eigenvalue weighted by Crippen LogP contribution is 2.43. The van der Waals surface area contributed by atoms with Crippen LogP contribution in [0, 0.1) is 0 Å². The van der Waals surface area contributed by atoms with Crippen molar-refractivity contribution in [2.24, 2.45) is 0 Å². The fraction of sp³-hybridized carbons (Fsp3) is 0.795. The summed E-state index contributed by atoms with van der Waals surface area (Å²) >= 11 is 0. The zero-order valence-electron chi connectivity index (χ0n) is 34.4. The molecule has 0 aromatic heterocycles. The van der Waals surface area contributed by atoms with E-state index in [0.717, 1.165) is 83.5 Å². The lowest BCUT2D eigenvalue weighted by Crippen LogP contribution is -2.29. The molecule has 10 heteroatoms. The predicted octanol–water partition coefficient (Wildman–Crippen LogP) is 11.8. The summed E-state index contributed by atoms with van der Waals surface area (Å²) in [6.07, 6.45) is 44.9. The van der Waals surface area contributed by atoms with E-state index in [4.69, 9.17) is 23.6 Å². The Labute approximate surface area is 330 Å². The van der Waals surface area contributed by atoms with Gasteiger partial charge in [0, 0.05) is 13.0 Å². The summed E-state index contributed by atoms with van der Waals surface area (Å²) < 4.78 is 33.4. The molecule has 0 radical (unpaired) electrons. The lowest BCUT2D eigenvalue weighted by molar-refractivity contribution is -0.154. The Balaban J connectivity index is 4.19. The number of allylic oxidation sites excluding steroid dienone is 8. The smallest absolute Gasteiger partial charge is 0.457 e. The monoisotopic (exact) mass is 785 g/mol. The fourth-order valence-corrected chi connectivity index (χ4v) is 6.55. The minimum absolute atomic E-state index is 0.0444. The number of hydrogen-bond acceptors (Lipinski definition) is 8. The van der Waals surface area contributed by atoms with Crippen LogP contribution in [0.2, 0.25) is 0 Å². The van der Waals surface area contributed by atoms with Crippen LogP contribution in [0.5, 0.6) is 0 Å².